The van der Waals surface area contributed by atoms with E-state index < -0.39 is 0 Å². The Kier molecular flexibility index (Phi) is 8.20. The molecule has 0 radical (unpaired) electrons. The smallest absolute Gasteiger partial charge is 0.0215 e. The van der Waals surface area contributed by atoms with Crippen LogP contribution in [0.1, 0.15) is 59.8 Å². The predicted molar refractivity (Wildman–Crippen MR) is 63.9 cm³/mol. The van der Waals surface area contributed by atoms with Crippen LogP contribution in [0.2, 0.25) is 0 Å². The Bertz CT molecular complexity index is 125. The number of hydrogen-bond donors (Lipinski definition) is 2. The van der Waals surface area contributed by atoms with Gasteiger partial charge in [-0.2, -0.15) is 0 Å². The summed E-state index contributed by atoms with van der Waals surface area (Å²) in [6, 6.07) is 0.506. The molecule has 86 valence electrons. The van der Waals surface area contributed by atoms with Crippen LogP contribution >= 0.6 is 0 Å². The van der Waals surface area contributed by atoms with Crippen molar-refractivity contribution in [3.05, 3.63) is 0 Å². The maximum Gasteiger partial charge on any atom is 0.0215 e. The SMILES string of the molecule is CCCC(C)CC(CC(C)CC)NN. The highest BCUT2D eigenvalue weighted by atomic mass is 15.2. The molecule has 0 aromatic rings. The van der Waals surface area contributed by atoms with E-state index in [1.54, 1.807) is 0 Å². The Hall–Kier alpha value is -0.0800. The molecule has 0 aliphatic heterocycles. The quantitative estimate of drug-likeness (QED) is 0.467. The molecule has 0 amide bonds. The molecule has 0 saturated heterocycles. The van der Waals surface area contributed by atoms with E-state index >= 15 is 0 Å². The monoisotopic (exact) mass is 200 g/mol. The van der Waals surface area contributed by atoms with Crippen molar-refractivity contribution in [2.75, 3.05) is 0 Å². The van der Waals surface area contributed by atoms with E-state index in [0.717, 1.165) is 11.8 Å². The van der Waals surface area contributed by atoms with Gasteiger partial charge in [0.25, 0.3) is 0 Å². The molecule has 0 rings (SSSR count). The number of nitrogens with one attached hydrogen (secondary N) is 1. The first kappa shape index (κ1) is 13.9. The molecule has 0 fully saturated rings. The van der Waals surface area contributed by atoms with Crippen molar-refractivity contribution in [2.45, 2.75) is 65.8 Å². The third kappa shape index (κ3) is 6.39. The third-order valence-electron chi connectivity index (χ3n) is 3.09. The fourth-order valence-electron chi connectivity index (χ4n) is 1.98. The van der Waals surface area contributed by atoms with Gasteiger partial charge >= 0.3 is 0 Å². The highest BCUT2D eigenvalue weighted by Gasteiger charge is 2.13. The second kappa shape index (κ2) is 8.25. The van der Waals surface area contributed by atoms with Gasteiger partial charge in [-0.15, -0.1) is 0 Å². The van der Waals surface area contributed by atoms with Crippen molar-refractivity contribution >= 4 is 0 Å². The molecular formula is C12H28N2. The average Bonchev–Trinajstić information content (AvgIpc) is 2.16. The van der Waals surface area contributed by atoms with Gasteiger partial charge in [-0.25, -0.2) is 0 Å². The molecule has 3 atom stereocenters. The van der Waals surface area contributed by atoms with E-state index in [4.69, 9.17) is 5.84 Å². The summed E-state index contributed by atoms with van der Waals surface area (Å²) in [7, 11) is 0. The van der Waals surface area contributed by atoms with Gasteiger partial charge in [0.1, 0.15) is 0 Å². The first-order valence-electron chi connectivity index (χ1n) is 6.10. The summed E-state index contributed by atoms with van der Waals surface area (Å²) in [4.78, 5) is 0. The lowest BCUT2D eigenvalue weighted by atomic mass is 9.91. The fraction of sp³-hybridized carbons (Fsp3) is 1.00. The molecule has 0 spiro atoms. The second-order valence-corrected chi connectivity index (χ2v) is 4.74. The van der Waals surface area contributed by atoms with Crippen LogP contribution in [0.15, 0.2) is 0 Å². The number of hydrazine groups is 1. The average molecular weight is 200 g/mol. The van der Waals surface area contributed by atoms with Crippen molar-refractivity contribution in [1.82, 2.24) is 5.43 Å². The van der Waals surface area contributed by atoms with Crippen LogP contribution in [0.4, 0.5) is 0 Å². The summed E-state index contributed by atoms with van der Waals surface area (Å²) in [5.74, 6) is 7.15. The topological polar surface area (TPSA) is 38.0 Å². The third-order valence-corrected chi connectivity index (χ3v) is 3.09. The maximum absolute atomic E-state index is 5.57. The molecule has 14 heavy (non-hydrogen) atoms. The van der Waals surface area contributed by atoms with Crippen LogP contribution < -0.4 is 11.3 Å². The van der Waals surface area contributed by atoms with Crippen LogP contribution in [-0.4, -0.2) is 6.04 Å². The van der Waals surface area contributed by atoms with Gasteiger partial charge in [-0.1, -0.05) is 47.0 Å². The van der Waals surface area contributed by atoms with Crippen molar-refractivity contribution in [2.24, 2.45) is 17.7 Å². The molecule has 0 saturated carbocycles. The number of rotatable bonds is 8. The van der Waals surface area contributed by atoms with E-state index in [1.807, 2.05) is 0 Å². The zero-order chi connectivity index (χ0) is 11.0. The van der Waals surface area contributed by atoms with E-state index in [2.05, 4.69) is 33.1 Å². The summed E-state index contributed by atoms with van der Waals surface area (Å²) in [5, 5.41) is 0. The van der Waals surface area contributed by atoms with E-state index in [-0.39, 0.29) is 0 Å². The minimum absolute atomic E-state index is 0.506. The van der Waals surface area contributed by atoms with Gasteiger partial charge in [-0.3, -0.25) is 11.3 Å². The van der Waals surface area contributed by atoms with Crippen molar-refractivity contribution in [3.8, 4) is 0 Å². The molecule has 3 unspecified atom stereocenters. The van der Waals surface area contributed by atoms with Crippen molar-refractivity contribution < 1.29 is 0 Å². The van der Waals surface area contributed by atoms with Crippen LogP contribution in [-0.2, 0) is 0 Å². The molecule has 0 bridgehead atoms. The molecule has 0 aliphatic carbocycles. The molecule has 3 N–H and O–H groups in total. The summed E-state index contributed by atoms with van der Waals surface area (Å²) < 4.78 is 0. The second-order valence-electron chi connectivity index (χ2n) is 4.74. The van der Waals surface area contributed by atoms with Gasteiger partial charge in [0.05, 0.1) is 0 Å². The Morgan fingerprint density at radius 1 is 1.07 bits per heavy atom. The lowest BCUT2D eigenvalue weighted by Crippen LogP contribution is -2.37. The molecular weight excluding hydrogens is 172 g/mol. The minimum atomic E-state index is 0.506. The first-order chi connectivity index (χ1) is 6.63. The van der Waals surface area contributed by atoms with Crippen LogP contribution in [0.25, 0.3) is 0 Å². The zero-order valence-corrected chi connectivity index (χ0v) is 10.3. The first-order valence-corrected chi connectivity index (χ1v) is 6.10. The summed E-state index contributed by atoms with van der Waals surface area (Å²) in [6.07, 6.45) is 6.27. The van der Waals surface area contributed by atoms with Gasteiger partial charge in [0.15, 0.2) is 0 Å². The standard InChI is InChI=1S/C12H28N2/c1-5-7-11(4)9-12(14-13)8-10(3)6-2/h10-12,14H,5-9,13H2,1-4H3. The Morgan fingerprint density at radius 3 is 2.07 bits per heavy atom. The highest BCUT2D eigenvalue weighted by Crippen LogP contribution is 2.18. The molecule has 0 aromatic carbocycles. The van der Waals surface area contributed by atoms with E-state index in [9.17, 15) is 0 Å². The molecule has 0 heterocycles. The highest BCUT2D eigenvalue weighted by molar-refractivity contribution is 4.70. The lowest BCUT2D eigenvalue weighted by molar-refractivity contribution is 0.329. The van der Waals surface area contributed by atoms with Gasteiger partial charge in [0.2, 0.25) is 0 Å². The Morgan fingerprint density at radius 2 is 1.64 bits per heavy atom. The molecule has 2 heteroatoms. The van der Waals surface area contributed by atoms with Gasteiger partial charge < -0.3 is 0 Å². The number of nitrogens with two attached hydrogens (primary N) is 1. The van der Waals surface area contributed by atoms with E-state index in [1.165, 1.54) is 32.1 Å². The molecule has 0 aromatic heterocycles. The Labute approximate surface area is 89.6 Å². The predicted octanol–water partition coefficient (Wildman–Crippen LogP) is 3.08. The maximum atomic E-state index is 5.57. The van der Waals surface area contributed by atoms with Gasteiger partial charge in [0, 0.05) is 6.04 Å². The van der Waals surface area contributed by atoms with Crippen LogP contribution in [0.3, 0.4) is 0 Å². The summed E-state index contributed by atoms with van der Waals surface area (Å²) in [6.45, 7) is 9.11. The van der Waals surface area contributed by atoms with Crippen LogP contribution in [0, 0.1) is 11.8 Å². The zero-order valence-electron chi connectivity index (χ0n) is 10.3. The largest absolute Gasteiger partial charge is 0.271 e. The normalized spacial score (nSPS) is 17.8. The van der Waals surface area contributed by atoms with Crippen molar-refractivity contribution in [3.63, 3.8) is 0 Å². The molecule has 2 nitrogen and oxygen atoms in total. The minimum Gasteiger partial charge on any atom is -0.271 e. The fourth-order valence-corrected chi connectivity index (χ4v) is 1.98. The van der Waals surface area contributed by atoms with Crippen molar-refractivity contribution in [1.29, 1.82) is 0 Å². The lowest BCUT2D eigenvalue weighted by Gasteiger charge is -2.22. The number of hydrogen-bond acceptors (Lipinski definition) is 2. The van der Waals surface area contributed by atoms with Crippen LogP contribution in [0.5, 0.6) is 0 Å². The van der Waals surface area contributed by atoms with E-state index in [0.29, 0.717) is 6.04 Å². The molecule has 0 aliphatic rings. The Balaban J connectivity index is 3.77. The summed E-state index contributed by atoms with van der Waals surface area (Å²) in [5.41, 5.74) is 2.96. The van der Waals surface area contributed by atoms with Gasteiger partial charge in [-0.05, 0) is 24.7 Å². The summed E-state index contributed by atoms with van der Waals surface area (Å²) >= 11 is 0.